The van der Waals surface area contributed by atoms with Crippen molar-refractivity contribution in [3.8, 4) is 0 Å². The van der Waals surface area contributed by atoms with Crippen LogP contribution in [0, 0.1) is 5.92 Å². The number of thioether (sulfide) groups is 1. The van der Waals surface area contributed by atoms with Gasteiger partial charge < -0.3 is 19.3 Å². The van der Waals surface area contributed by atoms with Gasteiger partial charge in [-0.25, -0.2) is 9.78 Å². The number of fused-ring (bicyclic) bond motifs is 1. The van der Waals surface area contributed by atoms with Crippen molar-refractivity contribution in [1.29, 1.82) is 0 Å². The Morgan fingerprint density at radius 3 is 2.56 bits per heavy atom. The van der Waals surface area contributed by atoms with Crippen LogP contribution in [-0.2, 0) is 20.8 Å². The Hall–Kier alpha value is -3.21. The maximum absolute atomic E-state index is 11.9. The van der Waals surface area contributed by atoms with Crippen molar-refractivity contribution >= 4 is 45.1 Å². The van der Waals surface area contributed by atoms with Crippen molar-refractivity contribution < 1.29 is 24.1 Å². The molecule has 1 amide bonds. The van der Waals surface area contributed by atoms with Crippen LogP contribution >= 0.6 is 23.1 Å². The number of aromatic nitrogens is 1. The molecule has 0 aliphatic carbocycles. The number of thiazole rings is 1. The van der Waals surface area contributed by atoms with Crippen molar-refractivity contribution in [2.75, 3.05) is 17.7 Å². The highest BCUT2D eigenvalue weighted by Gasteiger charge is 2.38. The zero-order valence-corrected chi connectivity index (χ0v) is 23.1. The van der Waals surface area contributed by atoms with Gasteiger partial charge in [-0.2, -0.15) is 0 Å². The minimum absolute atomic E-state index is 0.00393. The number of nitrogens with one attached hydrogen (secondary N) is 1. The van der Waals surface area contributed by atoms with E-state index in [1.165, 1.54) is 10.8 Å². The van der Waals surface area contributed by atoms with Crippen molar-refractivity contribution in [3.63, 3.8) is 0 Å². The molecular formula is C30H30N2O5S2. The number of aliphatic hydroxyl groups excluding tert-OH is 1. The van der Waals surface area contributed by atoms with Crippen molar-refractivity contribution in [3.05, 3.63) is 102 Å². The van der Waals surface area contributed by atoms with Gasteiger partial charge >= 0.3 is 6.09 Å². The Morgan fingerprint density at radius 1 is 1.10 bits per heavy atom. The molecule has 0 bridgehead atoms. The molecule has 7 nitrogen and oxygen atoms in total. The Balaban J connectivity index is 1.34. The van der Waals surface area contributed by atoms with Gasteiger partial charge in [-0.3, -0.25) is 5.32 Å². The minimum atomic E-state index is -0.591. The van der Waals surface area contributed by atoms with Crippen LogP contribution in [0.3, 0.4) is 0 Å². The first-order valence-corrected chi connectivity index (χ1v) is 14.5. The number of aliphatic hydroxyl groups is 1. The van der Waals surface area contributed by atoms with Gasteiger partial charge in [0, 0.05) is 22.9 Å². The average molecular weight is 563 g/mol. The summed E-state index contributed by atoms with van der Waals surface area (Å²) in [7, 11) is 0. The summed E-state index contributed by atoms with van der Waals surface area (Å²) in [4.78, 5) is 16.6. The van der Waals surface area contributed by atoms with Gasteiger partial charge in [0.05, 0.1) is 29.0 Å². The number of ether oxygens (including phenoxy) is 3. The van der Waals surface area contributed by atoms with E-state index in [1.54, 1.807) is 35.2 Å². The van der Waals surface area contributed by atoms with Gasteiger partial charge in [0.25, 0.3) is 0 Å². The monoisotopic (exact) mass is 562 g/mol. The van der Waals surface area contributed by atoms with E-state index in [2.05, 4.69) is 24.9 Å². The molecule has 0 radical (unpaired) electrons. The molecule has 4 atom stereocenters. The molecule has 5 rings (SSSR count). The van der Waals surface area contributed by atoms with Crippen LogP contribution in [0.4, 0.5) is 10.5 Å². The Kier molecular flexibility index (Phi) is 8.95. The highest BCUT2D eigenvalue weighted by atomic mass is 32.2. The van der Waals surface area contributed by atoms with Gasteiger partial charge in [0.1, 0.15) is 6.61 Å². The van der Waals surface area contributed by atoms with Gasteiger partial charge in [-0.05, 0) is 35.4 Å². The summed E-state index contributed by atoms with van der Waals surface area (Å²) < 4.78 is 20.2. The number of carbonyl (C=O) groups is 1. The molecule has 1 aliphatic rings. The van der Waals surface area contributed by atoms with Crippen LogP contribution in [0.15, 0.2) is 89.8 Å². The third-order valence-electron chi connectivity index (χ3n) is 6.53. The van der Waals surface area contributed by atoms with E-state index < -0.39 is 12.4 Å². The lowest BCUT2D eigenvalue weighted by Crippen LogP contribution is -2.38. The van der Waals surface area contributed by atoms with Crippen molar-refractivity contribution in [1.82, 2.24) is 4.98 Å². The molecule has 2 heterocycles. The molecule has 0 unspecified atom stereocenters. The highest BCUT2D eigenvalue weighted by molar-refractivity contribution is 8.01. The molecule has 0 spiro atoms. The predicted molar refractivity (Wildman–Crippen MR) is 155 cm³/mol. The average Bonchev–Trinajstić information content (AvgIpc) is 3.39. The molecule has 1 saturated heterocycles. The van der Waals surface area contributed by atoms with Gasteiger partial charge in [-0.1, -0.05) is 79.9 Å². The Bertz CT molecular complexity index is 1370. The first kappa shape index (κ1) is 27.4. The molecule has 39 heavy (non-hydrogen) atoms. The second kappa shape index (κ2) is 12.8. The molecule has 202 valence electrons. The van der Waals surface area contributed by atoms with E-state index in [0.29, 0.717) is 5.69 Å². The van der Waals surface area contributed by atoms with Crippen LogP contribution in [0.2, 0.25) is 0 Å². The van der Waals surface area contributed by atoms with E-state index >= 15 is 0 Å². The van der Waals surface area contributed by atoms with Crippen molar-refractivity contribution in [2.24, 2.45) is 5.92 Å². The lowest BCUT2D eigenvalue weighted by Gasteiger charge is -2.41. The smallest absolute Gasteiger partial charge is 0.411 e. The first-order chi connectivity index (χ1) is 19.0. The quantitative estimate of drug-likeness (QED) is 0.166. The number of carbonyl (C=O) groups excluding carboxylic acids is 1. The maximum Gasteiger partial charge on any atom is 0.411 e. The Labute approximate surface area is 235 Å². The lowest BCUT2D eigenvalue weighted by molar-refractivity contribution is -0.268. The number of para-hydroxylation sites is 1. The molecule has 1 aliphatic heterocycles. The summed E-state index contributed by atoms with van der Waals surface area (Å²) in [5.74, 6) is 0.796. The molecule has 1 aromatic heterocycles. The molecule has 0 saturated carbocycles. The number of amides is 1. The molecule has 1 fully saturated rings. The topological polar surface area (TPSA) is 89.9 Å². The third-order valence-corrected chi connectivity index (χ3v) is 8.80. The summed E-state index contributed by atoms with van der Waals surface area (Å²) in [5.41, 5.74) is 4.35. The number of rotatable bonds is 9. The molecular weight excluding hydrogens is 532 g/mol. The van der Waals surface area contributed by atoms with E-state index in [1.807, 2.05) is 54.6 Å². The second-order valence-electron chi connectivity index (χ2n) is 9.21. The molecule has 4 aromatic rings. The van der Waals surface area contributed by atoms with Crippen LogP contribution in [0.25, 0.3) is 10.2 Å². The summed E-state index contributed by atoms with van der Waals surface area (Å²) in [6.07, 6.45) is 0.0753. The normalized spacial score (nSPS) is 21.0. The molecule has 2 N–H and O–H groups in total. The molecule has 9 heteroatoms. The fourth-order valence-electron chi connectivity index (χ4n) is 4.39. The largest absolute Gasteiger partial charge is 0.445 e. The first-order valence-electron chi connectivity index (χ1n) is 12.7. The molecule has 3 aromatic carbocycles. The van der Waals surface area contributed by atoms with E-state index in [-0.39, 0.29) is 31.3 Å². The van der Waals surface area contributed by atoms with Crippen molar-refractivity contribution in [2.45, 2.75) is 36.4 Å². The number of hydrogen-bond donors (Lipinski definition) is 2. The van der Waals surface area contributed by atoms with Gasteiger partial charge in [-0.15, -0.1) is 11.3 Å². The van der Waals surface area contributed by atoms with Crippen LogP contribution in [0.5, 0.6) is 0 Å². The third kappa shape index (κ3) is 6.69. The van der Waals surface area contributed by atoms with E-state index in [0.717, 1.165) is 32.3 Å². The van der Waals surface area contributed by atoms with Crippen LogP contribution in [-0.4, -0.2) is 34.6 Å². The SMILES string of the molecule is C=CCOC(=O)Nc1ccc([C@H]2O[C@@H](CSc3nc4ccccc4s3)[C@@H](C)[C@@H](c3ccc(CO)cc3)O2)cc1. The Morgan fingerprint density at radius 2 is 1.85 bits per heavy atom. The zero-order chi connectivity index (χ0) is 27.2. The van der Waals surface area contributed by atoms with Crippen LogP contribution < -0.4 is 5.32 Å². The minimum Gasteiger partial charge on any atom is -0.445 e. The number of anilines is 1. The lowest BCUT2D eigenvalue weighted by atomic mass is 9.91. The summed E-state index contributed by atoms with van der Waals surface area (Å²) in [6.45, 7) is 5.83. The summed E-state index contributed by atoms with van der Waals surface area (Å²) in [6, 6.07) is 23.4. The van der Waals surface area contributed by atoms with E-state index in [9.17, 15) is 9.90 Å². The summed E-state index contributed by atoms with van der Waals surface area (Å²) >= 11 is 3.39. The standard InChI is InChI=1S/C30H30N2O5S2/c1-3-16-35-29(34)31-23-14-12-22(13-15-23)28-36-25(18-38-30-32-24-6-4-5-7-26(24)39-30)19(2)27(37-28)21-10-8-20(17-33)9-11-21/h3-15,19,25,27-28,33H,1,16-18H2,2H3,(H,31,34)/t19-,25+,27+,28+/m1/s1. The number of hydrogen-bond acceptors (Lipinski definition) is 8. The maximum atomic E-state index is 11.9. The second-order valence-corrected chi connectivity index (χ2v) is 11.5. The zero-order valence-electron chi connectivity index (χ0n) is 21.5. The van der Waals surface area contributed by atoms with E-state index in [4.69, 9.17) is 19.2 Å². The number of nitrogens with zero attached hydrogens (tertiary/aromatic N) is 1. The highest BCUT2D eigenvalue weighted by Crippen LogP contribution is 2.43. The fourth-order valence-corrected chi connectivity index (χ4v) is 6.65. The van der Waals surface area contributed by atoms with Crippen LogP contribution in [0.1, 0.15) is 36.0 Å². The number of benzene rings is 3. The predicted octanol–water partition coefficient (Wildman–Crippen LogP) is 7.11. The van der Waals surface area contributed by atoms with Gasteiger partial charge in [0.15, 0.2) is 10.6 Å². The van der Waals surface area contributed by atoms with Gasteiger partial charge in [0.2, 0.25) is 0 Å². The fraction of sp³-hybridized carbons (Fsp3) is 0.267. The summed E-state index contributed by atoms with van der Waals surface area (Å²) in [5, 5.41) is 12.2.